The third-order valence-electron chi connectivity index (χ3n) is 4.20. The molecule has 1 atom stereocenters. The van der Waals surface area contributed by atoms with Crippen LogP contribution in [0.3, 0.4) is 0 Å². The molecule has 0 amide bonds. The fourth-order valence-electron chi connectivity index (χ4n) is 2.74. The highest BCUT2D eigenvalue weighted by molar-refractivity contribution is 5.21. The first kappa shape index (κ1) is 11.6. The van der Waals surface area contributed by atoms with Crippen molar-refractivity contribution >= 4 is 0 Å². The van der Waals surface area contributed by atoms with Gasteiger partial charge in [-0.2, -0.15) is 5.10 Å². The molecule has 0 saturated heterocycles. The highest BCUT2D eigenvalue weighted by atomic mass is 15.3. The van der Waals surface area contributed by atoms with Gasteiger partial charge in [0.05, 0.1) is 6.20 Å². The zero-order valence-electron chi connectivity index (χ0n) is 10.6. The summed E-state index contributed by atoms with van der Waals surface area (Å²) in [7, 11) is 1.98. The Morgan fingerprint density at radius 2 is 2.00 bits per heavy atom. The van der Waals surface area contributed by atoms with Crippen LogP contribution in [0, 0.1) is 18.8 Å². The molecule has 1 aliphatic carbocycles. The van der Waals surface area contributed by atoms with E-state index < -0.39 is 0 Å². The summed E-state index contributed by atoms with van der Waals surface area (Å²) < 4.78 is 1.92. The van der Waals surface area contributed by atoms with Crippen molar-refractivity contribution in [3.05, 3.63) is 17.5 Å². The van der Waals surface area contributed by atoms with Crippen molar-refractivity contribution < 1.29 is 0 Å². The second-order valence-electron chi connectivity index (χ2n) is 5.35. The average molecular weight is 221 g/mol. The molecule has 1 saturated carbocycles. The van der Waals surface area contributed by atoms with Crippen LogP contribution in [0.1, 0.15) is 49.9 Å². The highest BCUT2D eigenvalue weighted by Gasteiger charge is 2.26. The number of aryl methyl sites for hydroxylation is 1. The minimum Gasteiger partial charge on any atom is -0.324 e. The number of nitrogens with zero attached hydrogens (tertiary/aromatic N) is 2. The first-order chi connectivity index (χ1) is 7.59. The van der Waals surface area contributed by atoms with Gasteiger partial charge in [-0.15, -0.1) is 0 Å². The van der Waals surface area contributed by atoms with Gasteiger partial charge in [-0.1, -0.05) is 19.8 Å². The number of hydrogen-bond acceptors (Lipinski definition) is 2. The van der Waals surface area contributed by atoms with Gasteiger partial charge in [0, 0.05) is 24.3 Å². The molecule has 1 unspecified atom stereocenters. The van der Waals surface area contributed by atoms with Crippen LogP contribution in [0.5, 0.6) is 0 Å². The van der Waals surface area contributed by atoms with E-state index in [1.165, 1.54) is 36.9 Å². The normalized spacial score (nSPS) is 28.0. The number of hydrogen-bond donors (Lipinski definition) is 1. The van der Waals surface area contributed by atoms with E-state index >= 15 is 0 Å². The van der Waals surface area contributed by atoms with Gasteiger partial charge in [0.25, 0.3) is 0 Å². The molecule has 0 aromatic carbocycles. The Balaban J connectivity index is 2.07. The summed E-state index contributed by atoms with van der Waals surface area (Å²) in [5.74, 6) is 1.54. The lowest BCUT2D eigenvalue weighted by molar-refractivity contribution is 0.255. The van der Waals surface area contributed by atoms with Crippen LogP contribution >= 0.6 is 0 Å². The summed E-state index contributed by atoms with van der Waals surface area (Å²) in [6.07, 6.45) is 7.15. The SMILES string of the molecule is Cc1c(C(N)C2CCC(C)CC2)cnn1C. The van der Waals surface area contributed by atoms with Gasteiger partial charge in [-0.05, 0) is 31.6 Å². The monoisotopic (exact) mass is 221 g/mol. The number of rotatable bonds is 2. The zero-order valence-corrected chi connectivity index (χ0v) is 10.6. The number of aromatic nitrogens is 2. The Hall–Kier alpha value is -0.830. The van der Waals surface area contributed by atoms with Gasteiger partial charge in [-0.25, -0.2) is 0 Å². The smallest absolute Gasteiger partial charge is 0.0540 e. The van der Waals surface area contributed by atoms with Crippen molar-refractivity contribution in [1.82, 2.24) is 9.78 Å². The first-order valence-electron chi connectivity index (χ1n) is 6.33. The predicted molar refractivity (Wildman–Crippen MR) is 66.0 cm³/mol. The minimum absolute atomic E-state index is 0.182. The van der Waals surface area contributed by atoms with Gasteiger partial charge in [-0.3, -0.25) is 4.68 Å². The summed E-state index contributed by atoms with van der Waals surface area (Å²) in [5, 5.41) is 4.28. The molecular formula is C13H23N3. The van der Waals surface area contributed by atoms with Crippen LogP contribution in [0.2, 0.25) is 0 Å². The molecule has 3 heteroatoms. The van der Waals surface area contributed by atoms with Gasteiger partial charge in [0.2, 0.25) is 0 Å². The fraction of sp³-hybridized carbons (Fsp3) is 0.769. The van der Waals surface area contributed by atoms with Crippen molar-refractivity contribution in [2.75, 3.05) is 0 Å². The average Bonchev–Trinajstić information content (AvgIpc) is 2.60. The van der Waals surface area contributed by atoms with Crippen LogP contribution in [-0.2, 0) is 7.05 Å². The predicted octanol–water partition coefficient (Wildman–Crippen LogP) is 2.55. The maximum absolute atomic E-state index is 6.38. The summed E-state index contributed by atoms with van der Waals surface area (Å²) in [4.78, 5) is 0. The van der Waals surface area contributed by atoms with E-state index in [1.54, 1.807) is 0 Å². The van der Waals surface area contributed by atoms with Crippen molar-refractivity contribution in [1.29, 1.82) is 0 Å². The summed E-state index contributed by atoms with van der Waals surface area (Å²) in [6.45, 7) is 4.45. The van der Waals surface area contributed by atoms with Crippen molar-refractivity contribution in [2.45, 2.75) is 45.6 Å². The molecule has 1 fully saturated rings. The minimum atomic E-state index is 0.182. The maximum atomic E-state index is 6.38. The van der Waals surface area contributed by atoms with Gasteiger partial charge >= 0.3 is 0 Å². The lowest BCUT2D eigenvalue weighted by atomic mass is 9.78. The van der Waals surface area contributed by atoms with Gasteiger partial charge < -0.3 is 5.73 Å². The van der Waals surface area contributed by atoms with Crippen LogP contribution < -0.4 is 5.73 Å². The van der Waals surface area contributed by atoms with E-state index in [0.29, 0.717) is 5.92 Å². The molecule has 0 spiro atoms. The number of nitrogens with two attached hydrogens (primary N) is 1. The quantitative estimate of drug-likeness (QED) is 0.834. The Bertz CT molecular complexity index is 348. The molecule has 16 heavy (non-hydrogen) atoms. The molecule has 1 aliphatic rings. The molecule has 90 valence electrons. The summed E-state index contributed by atoms with van der Waals surface area (Å²) >= 11 is 0. The molecule has 1 heterocycles. The highest BCUT2D eigenvalue weighted by Crippen LogP contribution is 2.36. The van der Waals surface area contributed by atoms with Gasteiger partial charge in [0.1, 0.15) is 0 Å². The lowest BCUT2D eigenvalue weighted by Crippen LogP contribution is -2.25. The third kappa shape index (κ3) is 2.14. The van der Waals surface area contributed by atoms with Crippen molar-refractivity contribution in [2.24, 2.45) is 24.6 Å². The molecule has 0 radical (unpaired) electrons. The Morgan fingerprint density at radius 1 is 1.38 bits per heavy atom. The molecule has 3 nitrogen and oxygen atoms in total. The lowest BCUT2D eigenvalue weighted by Gasteiger charge is -2.30. The molecule has 0 bridgehead atoms. The molecule has 1 aromatic heterocycles. The van der Waals surface area contributed by atoms with E-state index in [1.807, 2.05) is 17.9 Å². The van der Waals surface area contributed by atoms with Gasteiger partial charge in [0.15, 0.2) is 0 Å². The van der Waals surface area contributed by atoms with E-state index in [2.05, 4.69) is 18.9 Å². The summed E-state index contributed by atoms with van der Waals surface area (Å²) in [5.41, 5.74) is 8.83. The van der Waals surface area contributed by atoms with Crippen LogP contribution in [-0.4, -0.2) is 9.78 Å². The molecule has 2 N–H and O–H groups in total. The molecule has 2 rings (SSSR count). The molecule has 0 aliphatic heterocycles. The second-order valence-corrected chi connectivity index (χ2v) is 5.35. The zero-order chi connectivity index (χ0) is 11.7. The molecule has 1 aromatic rings. The second kappa shape index (κ2) is 4.58. The van der Waals surface area contributed by atoms with Crippen LogP contribution in [0.15, 0.2) is 6.20 Å². The summed E-state index contributed by atoms with van der Waals surface area (Å²) in [6, 6.07) is 0.182. The van der Waals surface area contributed by atoms with Crippen LogP contribution in [0.4, 0.5) is 0 Å². The Labute approximate surface area is 98.0 Å². The van der Waals surface area contributed by atoms with E-state index in [-0.39, 0.29) is 6.04 Å². The topological polar surface area (TPSA) is 43.8 Å². The van der Waals surface area contributed by atoms with E-state index in [9.17, 15) is 0 Å². The Kier molecular flexibility index (Phi) is 3.33. The van der Waals surface area contributed by atoms with Crippen molar-refractivity contribution in [3.8, 4) is 0 Å². The first-order valence-corrected chi connectivity index (χ1v) is 6.33. The molecular weight excluding hydrogens is 198 g/mol. The van der Waals surface area contributed by atoms with Crippen LogP contribution in [0.25, 0.3) is 0 Å². The van der Waals surface area contributed by atoms with Crippen molar-refractivity contribution in [3.63, 3.8) is 0 Å². The van der Waals surface area contributed by atoms with E-state index in [4.69, 9.17) is 5.73 Å². The fourth-order valence-corrected chi connectivity index (χ4v) is 2.74. The Morgan fingerprint density at radius 3 is 2.50 bits per heavy atom. The maximum Gasteiger partial charge on any atom is 0.0540 e. The third-order valence-corrected chi connectivity index (χ3v) is 4.20. The largest absolute Gasteiger partial charge is 0.324 e. The standard InChI is InChI=1S/C13H23N3/c1-9-4-6-11(7-5-9)13(14)12-8-15-16(3)10(12)2/h8-9,11,13H,4-7,14H2,1-3H3. The van der Waals surface area contributed by atoms with E-state index in [0.717, 1.165) is 5.92 Å².